The zero-order valence-electron chi connectivity index (χ0n) is 9.95. The average molecular weight is 164 g/mol. The molecule has 0 radical (unpaired) electrons. The Bertz CT molecular complexity index is 18.8. The van der Waals surface area contributed by atoms with E-state index in [-0.39, 0.29) is 0 Å². The van der Waals surface area contributed by atoms with Gasteiger partial charge < -0.3 is 10.2 Å². The standard InChI is InChI=1S/C3H9N.C2H7N.2C2H6/c1-4(2)3;1-3-2;2*1-2/h1-3H3;3H,1-2H3;2*1-2H3. The normalized spacial score (nSPS) is 6.00. The van der Waals surface area contributed by atoms with E-state index in [1.165, 1.54) is 0 Å². The molecule has 2 heteroatoms. The molecule has 0 atom stereocenters. The molecule has 0 amide bonds. The van der Waals surface area contributed by atoms with Crippen LogP contribution in [0.1, 0.15) is 27.7 Å². The first-order valence-electron chi connectivity index (χ1n) is 4.34. The van der Waals surface area contributed by atoms with E-state index in [0.717, 1.165) is 0 Å². The van der Waals surface area contributed by atoms with Gasteiger partial charge in [0.2, 0.25) is 0 Å². The summed E-state index contributed by atoms with van der Waals surface area (Å²) in [4.78, 5) is 2.00. The van der Waals surface area contributed by atoms with E-state index in [1.807, 2.05) is 67.8 Å². The van der Waals surface area contributed by atoms with Crippen LogP contribution in [0.3, 0.4) is 0 Å². The molecule has 0 rings (SSSR count). The van der Waals surface area contributed by atoms with Gasteiger partial charge in [0.1, 0.15) is 0 Å². The van der Waals surface area contributed by atoms with E-state index in [2.05, 4.69) is 5.32 Å². The second-order valence-electron chi connectivity index (χ2n) is 1.84. The van der Waals surface area contributed by atoms with Gasteiger partial charge in [0.25, 0.3) is 0 Å². The van der Waals surface area contributed by atoms with Crippen molar-refractivity contribution in [1.82, 2.24) is 10.2 Å². The molecule has 2 nitrogen and oxygen atoms in total. The lowest BCUT2D eigenvalue weighted by Gasteiger charge is -1.90. The quantitative estimate of drug-likeness (QED) is 0.589. The largest absolute Gasteiger partial charge is 0.323 e. The molecular formula is C9H28N2. The van der Waals surface area contributed by atoms with Crippen LogP contribution in [0, 0.1) is 0 Å². The lowest BCUT2D eigenvalue weighted by atomic mass is 11.0. The van der Waals surface area contributed by atoms with Gasteiger partial charge in [-0.2, -0.15) is 0 Å². The molecule has 0 saturated heterocycles. The Morgan fingerprint density at radius 2 is 0.727 bits per heavy atom. The van der Waals surface area contributed by atoms with Crippen molar-refractivity contribution in [3.05, 3.63) is 0 Å². The predicted octanol–water partition coefficient (Wildman–Crippen LogP) is 2.07. The molecule has 1 N–H and O–H groups in total. The topological polar surface area (TPSA) is 15.3 Å². The predicted molar refractivity (Wildman–Crippen MR) is 57.3 cm³/mol. The molecule has 0 aromatic heterocycles. The molecule has 0 bridgehead atoms. The molecule has 11 heavy (non-hydrogen) atoms. The van der Waals surface area contributed by atoms with Gasteiger partial charge in [-0.15, -0.1) is 0 Å². The van der Waals surface area contributed by atoms with Gasteiger partial charge >= 0.3 is 0 Å². The molecule has 0 saturated carbocycles. The number of hydrogen-bond acceptors (Lipinski definition) is 2. The second kappa shape index (κ2) is 51.4. The summed E-state index contributed by atoms with van der Waals surface area (Å²) in [5.74, 6) is 0. The van der Waals surface area contributed by atoms with E-state index in [1.54, 1.807) is 0 Å². The van der Waals surface area contributed by atoms with Gasteiger partial charge in [0.15, 0.2) is 0 Å². The highest BCUT2D eigenvalue weighted by Crippen LogP contribution is 1.47. The Balaban J connectivity index is -0.0000000315. The second-order valence-corrected chi connectivity index (χ2v) is 1.84. The van der Waals surface area contributed by atoms with Crippen LogP contribution in [0.25, 0.3) is 0 Å². The van der Waals surface area contributed by atoms with Crippen LogP contribution in [-0.2, 0) is 0 Å². The van der Waals surface area contributed by atoms with Gasteiger partial charge in [0.05, 0.1) is 0 Å². The van der Waals surface area contributed by atoms with Crippen LogP contribution >= 0.6 is 0 Å². The zero-order valence-corrected chi connectivity index (χ0v) is 9.95. The van der Waals surface area contributed by atoms with Crippen molar-refractivity contribution in [3.63, 3.8) is 0 Å². The fourth-order valence-electron chi connectivity index (χ4n) is 0. The summed E-state index contributed by atoms with van der Waals surface area (Å²) in [6.45, 7) is 8.00. The van der Waals surface area contributed by atoms with Crippen molar-refractivity contribution in [2.75, 3.05) is 35.2 Å². The van der Waals surface area contributed by atoms with E-state index >= 15 is 0 Å². The summed E-state index contributed by atoms with van der Waals surface area (Å²) < 4.78 is 0. The highest BCUT2D eigenvalue weighted by molar-refractivity contribution is 4.09. The highest BCUT2D eigenvalue weighted by atomic mass is 15.0. The fourth-order valence-corrected chi connectivity index (χ4v) is 0. The summed E-state index contributed by atoms with van der Waals surface area (Å²) in [7, 11) is 9.75. The van der Waals surface area contributed by atoms with Gasteiger partial charge in [-0.3, -0.25) is 0 Å². The summed E-state index contributed by atoms with van der Waals surface area (Å²) in [6, 6.07) is 0. The Morgan fingerprint density at radius 1 is 0.727 bits per heavy atom. The van der Waals surface area contributed by atoms with Crippen molar-refractivity contribution in [2.24, 2.45) is 0 Å². The number of nitrogens with one attached hydrogen (secondary N) is 1. The number of rotatable bonds is 0. The zero-order chi connectivity index (χ0) is 10.3. The van der Waals surface area contributed by atoms with E-state index in [9.17, 15) is 0 Å². The minimum atomic E-state index is 1.88. The smallest absolute Gasteiger partial charge is 0.0140 e. The first-order chi connectivity index (χ1) is 5.15. The molecule has 0 fully saturated rings. The third-order valence-corrected chi connectivity index (χ3v) is 0. The molecule has 0 spiro atoms. The average Bonchev–Trinajstić information content (AvgIpc) is 1.96. The molecule has 0 aliphatic rings. The maximum atomic E-state index is 2.75. The Kier molecular flexibility index (Phi) is 105. The van der Waals surface area contributed by atoms with Gasteiger partial charge in [-0.1, -0.05) is 27.7 Å². The van der Waals surface area contributed by atoms with Crippen LogP contribution in [-0.4, -0.2) is 40.1 Å². The van der Waals surface area contributed by atoms with Gasteiger partial charge in [0, 0.05) is 0 Å². The summed E-state index contributed by atoms with van der Waals surface area (Å²) >= 11 is 0. The molecule has 0 aromatic carbocycles. The lowest BCUT2D eigenvalue weighted by molar-refractivity contribution is 0.505. The first kappa shape index (κ1) is 22.4. The summed E-state index contributed by atoms with van der Waals surface area (Å²) in [6.07, 6.45) is 0. The molecule has 0 aromatic rings. The maximum Gasteiger partial charge on any atom is -0.0140 e. The van der Waals surface area contributed by atoms with Crippen molar-refractivity contribution >= 4 is 0 Å². The molecule has 0 aliphatic carbocycles. The van der Waals surface area contributed by atoms with Crippen molar-refractivity contribution < 1.29 is 0 Å². The minimum absolute atomic E-state index is 1.88. The van der Waals surface area contributed by atoms with Crippen molar-refractivity contribution in [3.8, 4) is 0 Å². The third kappa shape index (κ3) is 97200. The van der Waals surface area contributed by atoms with Crippen LogP contribution in [0.2, 0.25) is 0 Å². The molecule has 0 heterocycles. The Morgan fingerprint density at radius 3 is 0.727 bits per heavy atom. The van der Waals surface area contributed by atoms with Crippen LogP contribution < -0.4 is 5.32 Å². The molecule has 0 aliphatic heterocycles. The Hall–Kier alpha value is -0.0800. The molecule has 74 valence electrons. The summed E-state index contributed by atoms with van der Waals surface area (Å²) in [5.41, 5.74) is 0. The van der Waals surface area contributed by atoms with Crippen LogP contribution in [0.5, 0.6) is 0 Å². The van der Waals surface area contributed by atoms with E-state index in [0.29, 0.717) is 0 Å². The molecule has 0 unspecified atom stereocenters. The minimum Gasteiger partial charge on any atom is -0.323 e. The van der Waals surface area contributed by atoms with E-state index < -0.39 is 0 Å². The van der Waals surface area contributed by atoms with Crippen molar-refractivity contribution in [1.29, 1.82) is 0 Å². The van der Waals surface area contributed by atoms with Crippen molar-refractivity contribution in [2.45, 2.75) is 27.7 Å². The maximum absolute atomic E-state index is 2.75. The monoisotopic (exact) mass is 164 g/mol. The van der Waals surface area contributed by atoms with E-state index in [4.69, 9.17) is 0 Å². The number of nitrogens with zero attached hydrogens (tertiary/aromatic N) is 1. The van der Waals surface area contributed by atoms with Gasteiger partial charge in [-0.05, 0) is 35.2 Å². The highest BCUT2D eigenvalue weighted by Gasteiger charge is 1.58. The number of hydrogen-bond donors (Lipinski definition) is 1. The first-order valence-corrected chi connectivity index (χ1v) is 4.34. The summed E-state index contributed by atoms with van der Waals surface area (Å²) in [5, 5.41) is 2.75. The SMILES string of the molecule is CC.CC.CN(C)C.CNC. The lowest BCUT2D eigenvalue weighted by Crippen LogP contribution is -1.99. The third-order valence-electron chi connectivity index (χ3n) is 0. The molecular weight excluding hydrogens is 136 g/mol. The van der Waals surface area contributed by atoms with Crippen LogP contribution in [0.15, 0.2) is 0 Å². The Labute approximate surface area is 74.0 Å². The fraction of sp³-hybridized carbons (Fsp3) is 1.00. The van der Waals surface area contributed by atoms with Gasteiger partial charge in [-0.25, -0.2) is 0 Å². The van der Waals surface area contributed by atoms with Crippen LogP contribution in [0.4, 0.5) is 0 Å².